The van der Waals surface area contributed by atoms with Crippen LogP contribution in [0, 0.1) is 0 Å². The van der Waals surface area contributed by atoms with E-state index in [4.69, 9.17) is 4.74 Å². The van der Waals surface area contributed by atoms with E-state index in [1.54, 1.807) is 0 Å². The molecular formula is C23H28N2O2. The van der Waals surface area contributed by atoms with Crippen LogP contribution in [0.25, 0.3) is 0 Å². The molecule has 1 amide bonds. The van der Waals surface area contributed by atoms with Gasteiger partial charge < -0.3 is 15.0 Å². The second-order valence-corrected chi connectivity index (χ2v) is 7.50. The van der Waals surface area contributed by atoms with Gasteiger partial charge in [0.2, 0.25) is 0 Å². The number of para-hydroxylation sites is 1. The van der Waals surface area contributed by atoms with Gasteiger partial charge in [0.05, 0.1) is 0 Å². The third-order valence-electron chi connectivity index (χ3n) is 5.60. The summed E-state index contributed by atoms with van der Waals surface area (Å²) in [5, 5.41) is 2.97. The van der Waals surface area contributed by atoms with Crippen molar-refractivity contribution in [2.45, 2.75) is 38.5 Å². The van der Waals surface area contributed by atoms with Gasteiger partial charge in [0, 0.05) is 25.3 Å². The number of ether oxygens (including phenoxy) is 1. The molecule has 1 heterocycles. The summed E-state index contributed by atoms with van der Waals surface area (Å²) in [4.78, 5) is 14.5. The molecular weight excluding hydrogens is 336 g/mol. The maximum absolute atomic E-state index is 12.0. The van der Waals surface area contributed by atoms with E-state index in [2.05, 4.69) is 46.6 Å². The zero-order chi connectivity index (χ0) is 18.5. The van der Waals surface area contributed by atoms with Crippen LogP contribution < -0.4 is 15.0 Å². The molecule has 2 aromatic carbocycles. The van der Waals surface area contributed by atoms with Gasteiger partial charge in [-0.15, -0.1) is 0 Å². The number of carbonyl (C=O) groups is 1. The van der Waals surface area contributed by atoms with Gasteiger partial charge in [-0.2, -0.15) is 0 Å². The van der Waals surface area contributed by atoms with Crippen molar-refractivity contribution in [3.8, 4) is 5.75 Å². The van der Waals surface area contributed by atoms with Gasteiger partial charge in [0.15, 0.2) is 6.61 Å². The first kappa shape index (κ1) is 17.9. The second kappa shape index (κ2) is 8.47. The number of nitrogens with one attached hydrogen (secondary N) is 1. The molecule has 0 fully saturated rings. The van der Waals surface area contributed by atoms with Crippen LogP contribution in [0.2, 0.25) is 0 Å². The van der Waals surface area contributed by atoms with Crippen molar-refractivity contribution in [2.24, 2.45) is 0 Å². The molecule has 0 atom stereocenters. The molecule has 1 N–H and O–H groups in total. The number of aryl methyl sites for hydroxylation is 2. The van der Waals surface area contributed by atoms with E-state index in [-0.39, 0.29) is 12.5 Å². The van der Waals surface area contributed by atoms with Gasteiger partial charge in [-0.25, -0.2) is 0 Å². The number of amides is 1. The first-order valence-corrected chi connectivity index (χ1v) is 10.1. The van der Waals surface area contributed by atoms with Crippen molar-refractivity contribution in [3.05, 3.63) is 59.2 Å². The molecule has 142 valence electrons. The van der Waals surface area contributed by atoms with E-state index in [1.165, 1.54) is 35.2 Å². The fraction of sp³-hybridized carbons (Fsp3) is 0.435. The van der Waals surface area contributed by atoms with E-state index >= 15 is 0 Å². The van der Waals surface area contributed by atoms with Gasteiger partial charge in [-0.05, 0) is 73.4 Å². The molecule has 2 aliphatic rings. The Labute approximate surface area is 161 Å². The Balaban J connectivity index is 1.16. The van der Waals surface area contributed by atoms with Gasteiger partial charge in [0.1, 0.15) is 5.75 Å². The van der Waals surface area contributed by atoms with E-state index in [1.807, 2.05) is 6.07 Å². The number of nitrogens with zero attached hydrogens (tertiary/aromatic N) is 1. The standard InChI is InChI=1S/C23H28N2O2/c26-23(17-27-21-11-10-18-6-1-2-8-20(18)16-21)24-13-5-14-25-15-12-19-7-3-4-9-22(19)25/h3-4,7,9-11,16H,1-2,5-6,8,12-15,17H2,(H,24,26). The molecule has 0 spiro atoms. The lowest BCUT2D eigenvalue weighted by molar-refractivity contribution is -0.123. The summed E-state index contributed by atoms with van der Waals surface area (Å²) in [6, 6.07) is 14.8. The minimum Gasteiger partial charge on any atom is -0.484 e. The SMILES string of the molecule is O=C(COc1ccc2c(c1)CCCC2)NCCCN1CCc2ccccc21. The summed E-state index contributed by atoms with van der Waals surface area (Å²) in [6.07, 6.45) is 6.88. The lowest BCUT2D eigenvalue weighted by atomic mass is 9.92. The summed E-state index contributed by atoms with van der Waals surface area (Å²) in [6.45, 7) is 2.83. The third kappa shape index (κ3) is 4.44. The minimum absolute atomic E-state index is 0.0467. The van der Waals surface area contributed by atoms with Gasteiger partial charge >= 0.3 is 0 Å². The summed E-state index contributed by atoms with van der Waals surface area (Å²) in [5.74, 6) is 0.758. The molecule has 2 aromatic rings. The molecule has 1 aliphatic carbocycles. The fourth-order valence-corrected chi connectivity index (χ4v) is 4.14. The zero-order valence-electron chi connectivity index (χ0n) is 15.9. The maximum atomic E-state index is 12.0. The Bertz CT molecular complexity index is 803. The van der Waals surface area contributed by atoms with Crippen LogP contribution in [0.1, 0.15) is 36.0 Å². The summed E-state index contributed by atoms with van der Waals surface area (Å²) >= 11 is 0. The molecule has 0 radical (unpaired) electrons. The molecule has 0 aromatic heterocycles. The molecule has 0 saturated carbocycles. The lowest BCUT2D eigenvalue weighted by Crippen LogP contribution is -2.32. The van der Waals surface area contributed by atoms with E-state index in [9.17, 15) is 4.79 Å². The largest absolute Gasteiger partial charge is 0.484 e. The molecule has 4 nitrogen and oxygen atoms in total. The van der Waals surface area contributed by atoms with Gasteiger partial charge in [-0.1, -0.05) is 24.3 Å². The summed E-state index contributed by atoms with van der Waals surface area (Å²) in [5.41, 5.74) is 5.59. The third-order valence-corrected chi connectivity index (χ3v) is 5.60. The topological polar surface area (TPSA) is 41.6 Å². The van der Waals surface area contributed by atoms with Crippen LogP contribution in [0.5, 0.6) is 5.75 Å². The van der Waals surface area contributed by atoms with E-state index in [0.29, 0.717) is 6.54 Å². The second-order valence-electron chi connectivity index (χ2n) is 7.50. The number of carbonyl (C=O) groups excluding carboxylic acids is 1. The normalized spacial score (nSPS) is 15.2. The van der Waals surface area contributed by atoms with E-state index < -0.39 is 0 Å². The smallest absolute Gasteiger partial charge is 0.257 e. The highest BCUT2D eigenvalue weighted by Gasteiger charge is 2.17. The van der Waals surface area contributed by atoms with Crippen molar-refractivity contribution in [1.82, 2.24) is 5.32 Å². The quantitative estimate of drug-likeness (QED) is 0.765. The number of anilines is 1. The van der Waals surface area contributed by atoms with Crippen molar-refractivity contribution < 1.29 is 9.53 Å². The molecule has 27 heavy (non-hydrogen) atoms. The Morgan fingerprint density at radius 2 is 1.85 bits per heavy atom. The van der Waals surface area contributed by atoms with Crippen molar-refractivity contribution in [1.29, 1.82) is 0 Å². The maximum Gasteiger partial charge on any atom is 0.257 e. The highest BCUT2D eigenvalue weighted by atomic mass is 16.5. The predicted octanol–water partition coefficient (Wildman–Crippen LogP) is 3.51. The average Bonchev–Trinajstić information content (AvgIpc) is 3.13. The number of hydrogen-bond acceptors (Lipinski definition) is 3. The number of benzene rings is 2. The van der Waals surface area contributed by atoms with Crippen molar-refractivity contribution >= 4 is 11.6 Å². The average molecular weight is 364 g/mol. The van der Waals surface area contributed by atoms with Crippen LogP contribution >= 0.6 is 0 Å². The first-order chi connectivity index (χ1) is 13.3. The molecule has 4 heteroatoms. The van der Waals surface area contributed by atoms with Crippen LogP contribution in [-0.4, -0.2) is 32.1 Å². The van der Waals surface area contributed by atoms with Crippen molar-refractivity contribution in [2.75, 3.05) is 31.1 Å². The molecule has 1 aliphatic heterocycles. The Morgan fingerprint density at radius 1 is 1.00 bits per heavy atom. The van der Waals surface area contributed by atoms with Crippen molar-refractivity contribution in [3.63, 3.8) is 0 Å². The molecule has 0 bridgehead atoms. The van der Waals surface area contributed by atoms with E-state index in [0.717, 1.165) is 44.5 Å². The summed E-state index contributed by atoms with van der Waals surface area (Å²) in [7, 11) is 0. The molecule has 0 saturated heterocycles. The molecule has 0 unspecified atom stereocenters. The van der Waals surface area contributed by atoms with Crippen LogP contribution in [0.3, 0.4) is 0 Å². The lowest BCUT2D eigenvalue weighted by Gasteiger charge is -2.19. The Kier molecular flexibility index (Phi) is 5.61. The monoisotopic (exact) mass is 364 g/mol. The highest BCUT2D eigenvalue weighted by molar-refractivity contribution is 5.77. The van der Waals surface area contributed by atoms with Crippen LogP contribution in [-0.2, 0) is 24.1 Å². The fourth-order valence-electron chi connectivity index (χ4n) is 4.14. The summed E-state index contributed by atoms with van der Waals surface area (Å²) < 4.78 is 5.69. The zero-order valence-corrected chi connectivity index (χ0v) is 15.9. The molecule has 4 rings (SSSR count). The highest BCUT2D eigenvalue weighted by Crippen LogP contribution is 2.27. The Morgan fingerprint density at radius 3 is 2.78 bits per heavy atom. The number of fused-ring (bicyclic) bond motifs is 2. The number of rotatable bonds is 7. The van der Waals surface area contributed by atoms with Crippen LogP contribution in [0.4, 0.5) is 5.69 Å². The first-order valence-electron chi connectivity index (χ1n) is 10.1. The van der Waals surface area contributed by atoms with Crippen LogP contribution in [0.15, 0.2) is 42.5 Å². The Hall–Kier alpha value is -2.49. The number of hydrogen-bond donors (Lipinski definition) is 1. The predicted molar refractivity (Wildman–Crippen MR) is 109 cm³/mol. The van der Waals surface area contributed by atoms with Gasteiger partial charge in [-0.3, -0.25) is 4.79 Å². The van der Waals surface area contributed by atoms with Gasteiger partial charge in [0.25, 0.3) is 5.91 Å². The minimum atomic E-state index is -0.0467.